The molecule has 0 aromatic heterocycles. The van der Waals surface area contributed by atoms with Gasteiger partial charge in [-0.25, -0.2) is 0 Å². The van der Waals surface area contributed by atoms with E-state index in [-0.39, 0.29) is 21.7 Å². The quantitative estimate of drug-likeness (QED) is 0.355. The van der Waals surface area contributed by atoms with Gasteiger partial charge in [0, 0.05) is 8.07 Å². The zero-order chi connectivity index (χ0) is 16.4. The molecular formula is C19H40Si2Ti+2. The van der Waals surface area contributed by atoms with Crippen molar-refractivity contribution < 1.29 is 21.7 Å². The summed E-state index contributed by atoms with van der Waals surface area (Å²) in [4.78, 5) is 0. The smallest absolute Gasteiger partial charge is 0.533 e. The fourth-order valence-corrected chi connectivity index (χ4v) is 5.94. The van der Waals surface area contributed by atoms with E-state index in [0.29, 0.717) is 0 Å². The summed E-state index contributed by atoms with van der Waals surface area (Å²) in [7, 11) is -2.29. The second-order valence-electron chi connectivity index (χ2n) is 8.64. The van der Waals surface area contributed by atoms with Gasteiger partial charge in [-0.05, 0) is 0 Å². The maximum atomic E-state index is 4.10. The van der Waals surface area contributed by atoms with E-state index in [1.54, 1.807) is 0 Å². The molecule has 2 aliphatic rings. The number of hydrogen-bond donors (Lipinski definition) is 0. The van der Waals surface area contributed by atoms with Crippen LogP contribution in [0.1, 0.15) is 64.2 Å². The van der Waals surface area contributed by atoms with Crippen LogP contribution < -0.4 is 0 Å². The first kappa shape index (κ1) is 25.0. The first-order chi connectivity index (χ1) is 9.63. The molecule has 0 radical (unpaired) electrons. The third-order valence-electron chi connectivity index (χ3n) is 3.93. The molecule has 0 amide bonds. The van der Waals surface area contributed by atoms with Gasteiger partial charge in [0.2, 0.25) is 0 Å². The Hall–Kier alpha value is 0.758. The molecule has 126 valence electrons. The molecule has 3 heteroatoms. The minimum absolute atomic E-state index is 0. The van der Waals surface area contributed by atoms with Gasteiger partial charge in [0.15, 0.2) is 0 Å². The zero-order valence-electron chi connectivity index (χ0n) is 16.3. The molecule has 0 bridgehead atoms. The maximum absolute atomic E-state index is 4.10. The molecule has 2 aliphatic carbocycles. The molecule has 22 heavy (non-hydrogen) atoms. The van der Waals surface area contributed by atoms with Crippen LogP contribution in [0.4, 0.5) is 0 Å². The van der Waals surface area contributed by atoms with E-state index >= 15 is 0 Å². The maximum Gasteiger partial charge on any atom is 4.00 e. The predicted octanol–water partition coefficient (Wildman–Crippen LogP) is 7.20. The summed E-state index contributed by atoms with van der Waals surface area (Å²) in [6.45, 7) is 18.0. The molecule has 0 aromatic carbocycles. The first-order valence-electron chi connectivity index (χ1n) is 9.10. The molecule has 0 N–H and O–H groups in total. The Labute approximate surface area is 158 Å². The Bertz CT molecular complexity index is 252. The van der Waals surface area contributed by atoms with Gasteiger partial charge in [0.1, 0.15) is 0 Å². The van der Waals surface area contributed by atoms with Crippen LogP contribution in [-0.4, -0.2) is 16.1 Å². The summed E-state index contributed by atoms with van der Waals surface area (Å²) in [6.07, 6.45) is 15.0. The summed E-state index contributed by atoms with van der Waals surface area (Å²) in [5.74, 6) is 0. The molecule has 0 spiro atoms. The van der Waals surface area contributed by atoms with Gasteiger partial charge in [-0.3, -0.25) is 0 Å². The van der Waals surface area contributed by atoms with Crippen molar-refractivity contribution in [3.63, 3.8) is 0 Å². The van der Waals surface area contributed by atoms with Crippen molar-refractivity contribution in [2.24, 2.45) is 0 Å². The van der Waals surface area contributed by atoms with Crippen LogP contribution in [0.5, 0.6) is 0 Å². The second-order valence-corrected chi connectivity index (χ2v) is 18.5. The molecule has 0 aromatic rings. The Morgan fingerprint density at radius 1 is 0.636 bits per heavy atom. The van der Waals surface area contributed by atoms with E-state index < -0.39 is 16.1 Å². The normalized spacial score (nSPS) is 18.5. The number of allylic oxidation sites excluding steroid dienone is 1. The van der Waals surface area contributed by atoms with Crippen LogP contribution in [0, 0.1) is 12.6 Å². The van der Waals surface area contributed by atoms with Gasteiger partial charge in [-0.15, -0.1) is 8.07 Å². The monoisotopic (exact) mass is 372 g/mol. The van der Waals surface area contributed by atoms with Crippen molar-refractivity contribution in [2.45, 2.75) is 103 Å². The Kier molecular flexibility index (Phi) is 14.9. The molecule has 2 saturated carbocycles. The third-order valence-corrected chi connectivity index (χ3v) is 7.17. The van der Waals surface area contributed by atoms with Crippen molar-refractivity contribution in [1.29, 1.82) is 0 Å². The fraction of sp³-hybridized carbons (Fsp3) is 0.842. The SMILES string of the molecule is C1CCCC1.C1CCCC1.[CH2-]C(=[C-][Si](C)(C)C)[Si](C)(C)C.[Ti+4]. The summed E-state index contributed by atoms with van der Waals surface area (Å²) in [5, 5.41) is 1.30. The third kappa shape index (κ3) is 17.1. The molecule has 0 atom stereocenters. The topological polar surface area (TPSA) is 0 Å². The Morgan fingerprint density at radius 3 is 0.955 bits per heavy atom. The van der Waals surface area contributed by atoms with Gasteiger partial charge in [0.05, 0.1) is 0 Å². The standard InChI is InChI=1S/C9H20Si2.2C5H10.Ti/c1-9(11(5,6)7)8-10(2,3)4;2*1-2-4-5-3-1;/h1H2,2-7H3;2*1-5H2;/q-2;;;+4. The molecule has 2 rings (SSSR count). The molecule has 0 unspecified atom stereocenters. The first-order valence-corrected chi connectivity index (χ1v) is 16.1. The average Bonchev–Trinajstić information content (AvgIpc) is 3.05. The summed E-state index contributed by atoms with van der Waals surface area (Å²) >= 11 is 0. The second kappa shape index (κ2) is 13.1. The number of hydrogen-bond acceptors (Lipinski definition) is 0. The van der Waals surface area contributed by atoms with E-state index in [1.807, 2.05) is 0 Å². The molecule has 0 saturated heterocycles. The van der Waals surface area contributed by atoms with Crippen LogP contribution in [0.15, 0.2) is 5.20 Å². The van der Waals surface area contributed by atoms with Crippen molar-refractivity contribution in [3.05, 3.63) is 17.8 Å². The average molecular weight is 373 g/mol. The molecule has 2 fully saturated rings. The largest absolute Gasteiger partial charge is 4.00 e. The van der Waals surface area contributed by atoms with Crippen molar-refractivity contribution >= 4 is 16.1 Å². The van der Waals surface area contributed by atoms with E-state index in [0.717, 1.165) is 0 Å². The van der Waals surface area contributed by atoms with Crippen LogP contribution in [0.25, 0.3) is 0 Å². The van der Waals surface area contributed by atoms with Gasteiger partial charge in [-0.1, -0.05) is 103 Å². The van der Waals surface area contributed by atoms with Crippen LogP contribution in [0.3, 0.4) is 0 Å². The van der Waals surface area contributed by atoms with Crippen LogP contribution in [-0.2, 0) is 21.7 Å². The van der Waals surface area contributed by atoms with Crippen molar-refractivity contribution in [1.82, 2.24) is 0 Å². The van der Waals surface area contributed by atoms with Crippen LogP contribution in [0.2, 0.25) is 39.3 Å². The molecular weight excluding hydrogens is 332 g/mol. The van der Waals surface area contributed by atoms with Crippen molar-refractivity contribution in [2.75, 3.05) is 0 Å². The van der Waals surface area contributed by atoms with E-state index in [4.69, 9.17) is 0 Å². The van der Waals surface area contributed by atoms with E-state index in [2.05, 4.69) is 51.9 Å². The van der Waals surface area contributed by atoms with Crippen molar-refractivity contribution in [3.8, 4) is 0 Å². The fourth-order valence-electron chi connectivity index (χ4n) is 2.41. The molecule has 0 heterocycles. The van der Waals surface area contributed by atoms with Gasteiger partial charge in [0.25, 0.3) is 0 Å². The van der Waals surface area contributed by atoms with E-state index in [1.165, 1.54) is 69.4 Å². The minimum Gasteiger partial charge on any atom is -0.533 e. The molecule has 0 nitrogen and oxygen atoms in total. The van der Waals surface area contributed by atoms with Gasteiger partial charge >= 0.3 is 21.7 Å². The minimum atomic E-state index is -1.14. The molecule has 0 aliphatic heterocycles. The predicted molar refractivity (Wildman–Crippen MR) is 105 cm³/mol. The van der Waals surface area contributed by atoms with Gasteiger partial charge < -0.3 is 17.8 Å². The van der Waals surface area contributed by atoms with E-state index in [9.17, 15) is 0 Å². The van der Waals surface area contributed by atoms with Gasteiger partial charge in [-0.2, -0.15) is 0 Å². The summed E-state index contributed by atoms with van der Waals surface area (Å²) in [6, 6.07) is 0. The Balaban J connectivity index is 0. The summed E-state index contributed by atoms with van der Waals surface area (Å²) < 4.78 is 0. The Morgan fingerprint density at radius 2 is 0.864 bits per heavy atom. The zero-order valence-corrected chi connectivity index (χ0v) is 19.8. The van der Waals surface area contributed by atoms with Crippen LogP contribution >= 0.6 is 0 Å². The number of rotatable bonds is 2. The summed E-state index contributed by atoms with van der Waals surface area (Å²) in [5.41, 5.74) is 3.57.